The van der Waals surface area contributed by atoms with Crippen molar-refractivity contribution in [1.29, 1.82) is 5.41 Å². The van der Waals surface area contributed by atoms with Crippen molar-refractivity contribution in [3.63, 3.8) is 0 Å². The van der Waals surface area contributed by atoms with Crippen LogP contribution < -0.4 is 15.2 Å². The Kier molecular flexibility index (Phi) is 9.50. The number of carbonyl (C=O) groups excluding carboxylic acids is 1. The highest BCUT2D eigenvalue weighted by molar-refractivity contribution is 7.87. The number of nitrogens with one attached hydrogen (secondary N) is 1. The number of nitrogens with two attached hydrogens (primary N) is 1. The smallest absolute Gasteiger partial charge is 0.343 e. The van der Waals surface area contributed by atoms with Crippen molar-refractivity contribution in [2.75, 3.05) is 20.1 Å². The molecule has 0 saturated heterocycles. The first-order chi connectivity index (χ1) is 28.2. The van der Waals surface area contributed by atoms with E-state index in [0.29, 0.717) is 12.7 Å². The summed E-state index contributed by atoms with van der Waals surface area (Å²) in [4.78, 5) is 28.2. The topological polar surface area (TPSA) is 190 Å². The Balaban J connectivity index is 1.48. The number of halogens is 4. The predicted molar refractivity (Wildman–Crippen MR) is 203 cm³/mol. The Bertz CT molecular complexity index is 2830. The number of amidine groups is 2. The minimum absolute atomic E-state index is 0.0422. The van der Waals surface area contributed by atoms with Gasteiger partial charge in [-0.05, 0) is 47.5 Å². The monoisotopic (exact) mass is 824 g/mol. The van der Waals surface area contributed by atoms with Gasteiger partial charge in [0.25, 0.3) is 5.88 Å². The number of nitrogens with zero attached hydrogens (tertiary/aromatic N) is 4. The third-order valence-corrected chi connectivity index (χ3v) is 10.9. The first-order valence-corrected chi connectivity index (χ1v) is 18.9. The van der Waals surface area contributed by atoms with Gasteiger partial charge >= 0.3 is 16.1 Å². The number of fused-ring (bicyclic) bond motifs is 5. The zero-order valence-corrected chi connectivity index (χ0v) is 31.2. The van der Waals surface area contributed by atoms with Gasteiger partial charge < -0.3 is 29.4 Å². The molecule has 0 saturated carbocycles. The number of hydrogen-bond acceptors (Lipinski definition) is 12. The highest BCUT2D eigenvalue weighted by atomic mass is 32.2. The SMILES string of the molecule is CN1CCN=C1c1cc2ccc1Oc1c(F)c(-c3c(F)cnc(Oc4cc(C(=N)N)ccc4O)c3F)nc(c1F)C(c1ccccc1)(c1ccccc1)C(=O)OS2(=O)=O. The van der Waals surface area contributed by atoms with Gasteiger partial charge in [-0.2, -0.15) is 8.42 Å². The second-order valence-electron chi connectivity index (χ2n) is 13.3. The fraction of sp³-hybridized carbons (Fsp3) is 0.0976. The van der Waals surface area contributed by atoms with Gasteiger partial charge in [-0.25, -0.2) is 32.3 Å². The fourth-order valence-electron chi connectivity index (χ4n) is 6.85. The molecule has 4 N–H and O–H groups in total. The lowest BCUT2D eigenvalue weighted by molar-refractivity contribution is -0.137. The van der Waals surface area contributed by atoms with Crippen LogP contribution in [0.1, 0.15) is 27.9 Å². The number of phenols is 1. The average molecular weight is 825 g/mol. The van der Waals surface area contributed by atoms with Crippen molar-refractivity contribution in [2.45, 2.75) is 10.3 Å². The third kappa shape index (κ3) is 6.42. The second kappa shape index (κ2) is 14.6. The van der Waals surface area contributed by atoms with Gasteiger partial charge in [-0.3, -0.25) is 10.4 Å². The third-order valence-electron chi connectivity index (χ3n) is 9.71. The van der Waals surface area contributed by atoms with Crippen LogP contribution in [0.15, 0.2) is 113 Å². The molecule has 18 heteroatoms. The van der Waals surface area contributed by atoms with E-state index >= 15 is 17.6 Å². The lowest BCUT2D eigenvalue weighted by atomic mass is 9.71. The number of ether oxygens (including phenoxy) is 2. The summed E-state index contributed by atoms with van der Waals surface area (Å²) >= 11 is 0. The van der Waals surface area contributed by atoms with Gasteiger partial charge in [-0.15, -0.1) is 0 Å². The molecule has 4 aromatic carbocycles. The molecule has 0 unspecified atom stereocenters. The van der Waals surface area contributed by atoms with E-state index < -0.39 is 95.6 Å². The van der Waals surface area contributed by atoms with Crippen molar-refractivity contribution < 1.29 is 49.5 Å². The maximum Gasteiger partial charge on any atom is 0.343 e. The van der Waals surface area contributed by atoms with Crippen molar-refractivity contribution in [3.05, 3.63) is 154 Å². The van der Waals surface area contributed by atoms with Gasteiger partial charge in [-0.1, -0.05) is 60.7 Å². The predicted octanol–water partition coefficient (Wildman–Crippen LogP) is 6.55. The molecule has 4 bridgehead atoms. The Labute approximate surface area is 332 Å². The van der Waals surface area contributed by atoms with E-state index in [1.807, 2.05) is 0 Å². The summed E-state index contributed by atoms with van der Waals surface area (Å²) in [6.45, 7) is 0.646. The summed E-state index contributed by atoms with van der Waals surface area (Å²) in [6, 6.07) is 20.8. The molecule has 6 aromatic rings. The van der Waals surface area contributed by atoms with E-state index in [9.17, 15) is 18.3 Å². The molecular weight excluding hydrogens is 797 g/mol. The molecule has 9 rings (SSSR count). The van der Waals surface area contributed by atoms with E-state index in [0.717, 1.165) is 30.3 Å². The van der Waals surface area contributed by atoms with Gasteiger partial charge in [0.2, 0.25) is 5.75 Å². The largest absolute Gasteiger partial charge is 0.504 e. The van der Waals surface area contributed by atoms with E-state index in [-0.39, 0.29) is 40.4 Å². The summed E-state index contributed by atoms with van der Waals surface area (Å²) in [6.07, 6.45) is 0.440. The number of pyridine rings is 2. The summed E-state index contributed by atoms with van der Waals surface area (Å²) < 4.78 is 113. The number of aliphatic imine (C=N–C) groups is 1. The molecule has 0 fully saturated rings. The molecule has 0 amide bonds. The minimum Gasteiger partial charge on any atom is -0.504 e. The van der Waals surface area contributed by atoms with Crippen molar-refractivity contribution in [3.8, 4) is 40.1 Å². The maximum atomic E-state index is 17.7. The zero-order valence-electron chi connectivity index (χ0n) is 30.4. The van der Waals surface area contributed by atoms with Crippen LogP contribution in [-0.2, 0) is 24.5 Å². The highest BCUT2D eigenvalue weighted by Crippen LogP contribution is 2.48. The van der Waals surface area contributed by atoms with Crippen LogP contribution in [-0.4, -0.2) is 66.2 Å². The van der Waals surface area contributed by atoms with Crippen LogP contribution in [0, 0.1) is 28.7 Å². The molecule has 3 aliphatic rings. The van der Waals surface area contributed by atoms with Crippen LogP contribution in [0.5, 0.6) is 28.9 Å². The van der Waals surface area contributed by atoms with Crippen LogP contribution >= 0.6 is 0 Å². The Morgan fingerprint density at radius 1 is 0.932 bits per heavy atom. The number of likely N-dealkylation sites (N-methyl/N-ethyl adjacent to an activating group) is 1. The van der Waals surface area contributed by atoms with E-state index in [4.69, 9.17) is 24.8 Å². The molecule has 298 valence electrons. The van der Waals surface area contributed by atoms with Gasteiger partial charge in [0.05, 0.1) is 23.9 Å². The number of aromatic nitrogens is 2. The van der Waals surface area contributed by atoms with E-state index in [1.54, 1.807) is 24.1 Å². The molecule has 0 radical (unpaired) electrons. The van der Waals surface area contributed by atoms with E-state index in [2.05, 4.69) is 15.0 Å². The number of rotatable bonds is 7. The van der Waals surface area contributed by atoms with E-state index in [1.165, 1.54) is 54.6 Å². The minimum atomic E-state index is -5.07. The molecule has 0 aliphatic carbocycles. The molecule has 0 atom stereocenters. The standard InChI is InChI=1S/C41H28F4N6O7S/c1-51-17-16-48-38(51)25-19-24-13-15-28(25)56-35-32(44)34(30-26(42)20-49-39(31(30)43)57-29-18-21(37(46)47)12-14-27(29)52)50-36(33(35)45)41(22-8-4-2-5-9-22,23-10-6-3-7-11-23)40(53)58-59(24,54)55/h2-15,18-20,52H,16-17H2,1H3,(H3,46,47). The Morgan fingerprint density at radius 3 is 2.24 bits per heavy atom. The number of nitrogen functional groups attached to an aromatic ring is 1. The number of aromatic hydroxyl groups is 1. The first kappa shape index (κ1) is 38.5. The Morgan fingerprint density at radius 2 is 1.61 bits per heavy atom. The van der Waals surface area contributed by atoms with Crippen molar-refractivity contribution >= 4 is 27.8 Å². The van der Waals surface area contributed by atoms with Crippen LogP contribution in [0.3, 0.4) is 0 Å². The Hall–Kier alpha value is -7.34. The summed E-state index contributed by atoms with van der Waals surface area (Å²) in [5, 5.41) is 18.2. The molecule has 3 aliphatic heterocycles. The van der Waals surface area contributed by atoms with Crippen molar-refractivity contribution in [2.24, 2.45) is 10.7 Å². The normalized spacial score (nSPS) is 15.4. The fourth-order valence-corrected chi connectivity index (χ4v) is 7.77. The second-order valence-corrected chi connectivity index (χ2v) is 14.8. The number of hydrogen-bond donors (Lipinski definition) is 3. The summed E-state index contributed by atoms with van der Waals surface area (Å²) in [5.74, 6) is -12.3. The van der Waals surface area contributed by atoms with Gasteiger partial charge in [0.15, 0.2) is 40.2 Å². The molecule has 5 heterocycles. The zero-order chi connectivity index (χ0) is 41.8. The van der Waals surface area contributed by atoms with Crippen molar-refractivity contribution in [1.82, 2.24) is 14.9 Å². The lowest BCUT2D eigenvalue weighted by Gasteiger charge is -2.33. The van der Waals surface area contributed by atoms with Crippen LogP contribution in [0.4, 0.5) is 17.6 Å². The van der Waals surface area contributed by atoms with Gasteiger partial charge in [0.1, 0.15) is 33.7 Å². The summed E-state index contributed by atoms with van der Waals surface area (Å²) in [7, 11) is -3.44. The lowest BCUT2D eigenvalue weighted by Crippen LogP contribution is -2.43. The highest BCUT2D eigenvalue weighted by Gasteiger charge is 2.52. The maximum absolute atomic E-state index is 17.7. The molecule has 2 aromatic heterocycles. The molecule has 0 spiro atoms. The van der Waals surface area contributed by atoms with Gasteiger partial charge in [0, 0.05) is 19.2 Å². The summed E-state index contributed by atoms with van der Waals surface area (Å²) in [5.41, 5.74) is -1.15. The quantitative estimate of drug-likeness (QED) is 0.0686. The molecule has 13 nitrogen and oxygen atoms in total. The van der Waals surface area contributed by atoms with Crippen LogP contribution in [0.25, 0.3) is 11.3 Å². The molecular formula is C41H28F4N6O7S. The number of benzene rings is 4. The number of carbonyl (C=O) groups is 1. The van der Waals surface area contributed by atoms with Crippen LogP contribution in [0.2, 0.25) is 0 Å². The first-order valence-electron chi connectivity index (χ1n) is 17.5. The molecule has 59 heavy (non-hydrogen) atoms. The average Bonchev–Trinajstić information content (AvgIpc) is 3.65. The number of phenolic OH excluding ortho intramolecular Hbond substituents is 1.